The molecular formula is C76H130NO8P. The van der Waals surface area contributed by atoms with Crippen LogP contribution in [0.5, 0.6) is 0 Å². The number of allylic oxidation sites excluding steroid dienone is 22. The van der Waals surface area contributed by atoms with E-state index < -0.39 is 26.5 Å². The summed E-state index contributed by atoms with van der Waals surface area (Å²) in [6.45, 7) is 3.62. The van der Waals surface area contributed by atoms with Gasteiger partial charge in [0, 0.05) is 19.4 Å². The van der Waals surface area contributed by atoms with Gasteiger partial charge in [-0.25, -0.2) is 4.57 Å². The minimum atomic E-state index is -4.41. The number of phosphoric acid groups is 1. The summed E-state index contributed by atoms with van der Waals surface area (Å²) in [6.07, 6.45) is 99.8. The maximum absolute atomic E-state index is 12.7. The Kier molecular flexibility index (Phi) is 67.1. The van der Waals surface area contributed by atoms with Crippen LogP contribution in [0.15, 0.2) is 134 Å². The van der Waals surface area contributed by atoms with Crippen LogP contribution in [0.3, 0.4) is 0 Å². The van der Waals surface area contributed by atoms with Gasteiger partial charge in [-0.15, -0.1) is 0 Å². The lowest BCUT2D eigenvalue weighted by molar-refractivity contribution is -0.161. The quantitative estimate of drug-likeness (QED) is 0.0264. The van der Waals surface area contributed by atoms with Crippen LogP contribution >= 0.6 is 7.82 Å². The highest BCUT2D eigenvalue weighted by Crippen LogP contribution is 2.43. The molecule has 0 heterocycles. The SMILES string of the molecule is CC/C=C\C/C=C\C/C=C\C/C=C\C/C=C\C/C=C\C/C=C\C/C=C\C/C=C\C/C=C\C/C=C\CCCCCC(=O)OC(COC(=O)CCCCCCCCCCCCCCCCCCCCCCCCCCCCCC)COP(=O)(O)OCCN. The molecule has 0 aromatic rings. The molecule has 0 fully saturated rings. The fraction of sp³-hybridized carbons (Fsp3) is 0.684. The van der Waals surface area contributed by atoms with Gasteiger partial charge in [0.1, 0.15) is 6.61 Å². The van der Waals surface area contributed by atoms with E-state index in [1.54, 1.807) is 0 Å². The summed E-state index contributed by atoms with van der Waals surface area (Å²) in [5.41, 5.74) is 5.40. The van der Waals surface area contributed by atoms with Crippen LogP contribution in [-0.4, -0.2) is 49.3 Å². The molecule has 492 valence electrons. The van der Waals surface area contributed by atoms with Crippen LogP contribution < -0.4 is 5.73 Å². The van der Waals surface area contributed by atoms with Crippen LogP contribution in [0.4, 0.5) is 0 Å². The van der Waals surface area contributed by atoms with E-state index in [2.05, 4.69) is 148 Å². The van der Waals surface area contributed by atoms with E-state index in [-0.39, 0.29) is 38.6 Å². The van der Waals surface area contributed by atoms with Gasteiger partial charge in [0.15, 0.2) is 6.10 Å². The highest BCUT2D eigenvalue weighted by molar-refractivity contribution is 7.47. The van der Waals surface area contributed by atoms with Crippen LogP contribution in [0.1, 0.15) is 303 Å². The highest BCUT2D eigenvalue weighted by atomic mass is 31.2. The summed E-state index contributed by atoms with van der Waals surface area (Å²) in [5, 5.41) is 0. The van der Waals surface area contributed by atoms with Crippen LogP contribution in [-0.2, 0) is 32.7 Å². The summed E-state index contributed by atoms with van der Waals surface area (Å²) in [6, 6.07) is 0. The lowest BCUT2D eigenvalue weighted by atomic mass is 10.0. The molecule has 0 bridgehead atoms. The first kappa shape index (κ1) is 82.1. The molecule has 9 nitrogen and oxygen atoms in total. The normalized spacial score (nSPS) is 13.8. The van der Waals surface area contributed by atoms with Crippen molar-refractivity contribution in [1.82, 2.24) is 0 Å². The lowest BCUT2D eigenvalue weighted by Gasteiger charge is -2.19. The van der Waals surface area contributed by atoms with Crippen molar-refractivity contribution in [3.8, 4) is 0 Å². The predicted molar refractivity (Wildman–Crippen MR) is 371 cm³/mol. The molecule has 86 heavy (non-hydrogen) atoms. The number of rotatable bonds is 65. The second-order valence-corrected chi connectivity index (χ2v) is 24.5. The summed E-state index contributed by atoms with van der Waals surface area (Å²) in [4.78, 5) is 35.3. The molecule has 0 aromatic heterocycles. The third-order valence-corrected chi connectivity index (χ3v) is 15.8. The van der Waals surface area contributed by atoms with Crippen molar-refractivity contribution in [3.63, 3.8) is 0 Å². The summed E-state index contributed by atoms with van der Waals surface area (Å²) >= 11 is 0. The van der Waals surface area contributed by atoms with Crippen molar-refractivity contribution in [1.29, 1.82) is 0 Å². The number of ether oxygens (including phenoxy) is 2. The number of hydrogen-bond donors (Lipinski definition) is 2. The predicted octanol–water partition coefficient (Wildman–Crippen LogP) is 23.2. The van der Waals surface area contributed by atoms with Gasteiger partial charge < -0.3 is 20.1 Å². The molecule has 0 aromatic carbocycles. The minimum Gasteiger partial charge on any atom is -0.462 e. The Hall–Kier alpha value is -3.85. The first-order valence-corrected chi connectivity index (χ1v) is 36.7. The van der Waals surface area contributed by atoms with E-state index in [1.165, 1.54) is 161 Å². The summed E-state index contributed by atoms with van der Waals surface area (Å²) < 4.78 is 33.1. The molecule has 0 aliphatic rings. The molecule has 2 atom stereocenters. The van der Waals surface area contributed by atoms with Crippen molar-refractivity contribution in [2.24, 2.45) is 5.73 Å². The van der Waals surface area contributed by atoms with Gasteiger partial charge in [-0.1, -0.05) is 327 Å². The van der Waals surface area contributed by atoms with Crippen LogP contribution in [0.2, 0.25) is 0 Å². The third kappa shape index (κ3) is 69.3. The second kappa shape index (κ2) is 70.2. The number of carbonyl (C=O) groups is 2. The van der Waals surface area contributed by atoms with Gasteiger partial charge in [-0.2, -0.15) is 0 Å². The number of carbonyl (C=O) groups excluding carboxylic acids is 2. The first-order chi connectivity index (χ1) is 42.3. The number of unbranched alkanes of at least 4 members (excludes halogenated alkanes) is 30. The molecule has 0 radical (unpaired) electrons. The van der Waals surface area contributed by atoms with E-state index in [0.29, 0.717) is 6.42 Å². The molecule has 10 heteroatoms. The molecule has 0 aliphatic heterocycles. The van der Waals surface area contributed by atoms with E-state index in [0.717, 1.165) is 109 Å². The maximum Gasteiger partial charge on any atom is 0.472 e. The molecule has 0 spiro atoms. The fourth-order valence-corrected chi connectivity index (χ4v) is 10.4. The largest absolute Gasteiger partial charge is 0.472 e. The zero-order valence-electron chi connectivity index (χ0n) is 55.3. The molecule has 3 N–H and O–H groups in total. The van der Waals surface area contributed by atoms with Crippen molar-refractivity contribution >= 4 is 19.8 Å². The van der Waals surface area contributed by atoms with Gasteiger partial charge in [0.25, 0.3) is 0 Å². The van der Waals surface area contributed by atoms with Crippen molar-refractivity contribution in [3.05, 3.63) is 134 Å². The molecule has 2 unspecified atom stereocenters. The first-order valence-electron chi connectivity index (χ1n) is 35.2. The van der Waals surface area contributed by atoms with Gasteiger partial charge in [0.05, 0.1) is 13.2 Å². The fourth-order valence-electron chi connectivity index (χ4n) is 9.64. The van der Waals surface area contributed by atoms with Crippen molar-refractivity contribution in [2.75, 3.05) is 26.4 Å². The Morgan fingerprint density at radius 3 is 0.953 bits per heavy atom. The van der Waals surface area contributed by atoms with Crippen LogP contribution in [0, 0.1) is 0 Å². The standard InChI is InChI=1S/C76H130NO8P/c1-3-5-7-9-11-13-15-17-19-21-23-25-27-29-31-33-34-35-36-37-38-39-40-41-43-45-47-49-51-53-55-57-59-61-63-65-67-69-76(79)85-74(73-84-86(80,81)83-71-70-77)72-82-75(78)68-66-64-62-60-58-56-54-52-50-48-46-44-42-32-30-28-26-24-22-20-18-16-14-12-10-8-6-4-2/h5,7,11,13,17,19,23,25,29,31,34-35,37-38,40-41,45,47,51,53,57,59,74H,3-4,6,8-10,12,14-16,18,20-22,24,26-28,30,32-33,36,39,42-44,46,48-50,52,54-56,58,60-73,77H2,1-2H3,(H,80,81)/b7-5-,13-11-,19-17-,25-23-,31-29-,35-34-,38-37-,41-40-,47-45-,53-51-,59-57-. The van der Waals surface area contributed by atoms with Crippen molar-refractivity contribution in [2.45, 2.75) is 309 Å². The highest BCUT2D eigenvalue weighted by Gasteiger charge is 2.26. The van der Waals surface area contributed by atoms with Gasteiger partial charge in [-0.05, 0) is 96.3 Å². The number of hydrogen-bond acceptors (Lipinski definition) is 8. The van der Waals surface area contributed by atoms with Gasteiger partial charge in [-0.3, -0.25) is 18.6 Å². The number of nitrogens with two attached hydrogens (primary N) is 1. The maximum atomic E-state index is 12.7. The topological polar surface area (TPSA) is 134 Å². The summed E-state index contributed by atoms with van der Waals surface area (Å²) in [7, 11) is -4.41. The van der Waals surface area contributed by atoms with Gasteiger partial charge in [0.2, 0.25) is 0 Å². The number of esters is 2. The molecule has 0 aliphatic carbocycles. The zero-order chi connectivity index (χ0) is 62.3. The van der Waals surface area contributed by atoms with E-state index in [1.807, 2.05) is 0 Å². The molecule has 0 rings (SSSR count). The number of phosphoric ester groups is 1. The Labute approximate surface area is 529 Å². The molecular weight excluding hydrogens is 1090 g/mol. The third-order valence-electron chi connectivity index (χ3n) is 14.8. The Balaban J connectivity index is 4.00. The van der Waals surface area contributed by atoms with Crippen LogP contribution in [0.25, 0.3) is 0 Å². The molecule has 0 saturated carbocycles. The van der Waals surface area contributed by atoms with E-state index in [4.69, 9.17) is 24.3 Å². The molecule has 0 saturated heterocycles. The Bertz CT molecular complexity index is 1870. The van der Waals surface area contributed by atoms with E-state index in [9.17, 15) is 19.0 Å². The molecule has 0 amide bonds. The monoisotopic (exact) mass is 1220 g/mol. The average Bonchev–Trinajstić information content (AvgIpc) is 3.55. The second-order valence-electron chi connectivity index (χ2n) is 23.0. The summed E-state index contributed by atoms with van der Waals surface area (Å²) in [5.74, 6) is -0.864. The minimum absolute atomic E-state index is 0.0423. The average molecular weight is 1220 g/mol. The smallest absolute Gasteiger partial charge is 0.462 e. The Morgan fingerprint density at radius 2 is 0.640 bits per heavy atom. The van der Waals surface area contributed by atoms with Gasteiger partial charge >= 0.3 is 19.8 Å². The van der Waals surface area contributed by atoms with Crippen molar-refractivity contribution < 1.29 is 37.6 Å². The lowest BCUT2D eigenvalue weighted by Crippen LogP contribution is -2.29. The Morgan fingerprint density at radius 1 is 0.360 bits per heavy atom. The zero-order valence-corrected chi connectivity index (χ0v) is 56.2. The van der Waals surface area contributed by atoms with E-state index >= 15 is 0 Å².